The molecule has 0 aliphatic carbocycles. The zero-order valence-electron chi connectivity index (χ0n) is 8.12. The second-order valence-corrected chi connectivity index (χ2v) is 3.11. The lowest BCUT2D eigenvalue weighted by atomic mass is 10.1. The fourth-order valence-electron chi connectivity index (χ4n) is 1.32. The van der Waals surface area contributed by atoms with Gasteiger partial charge in [0.05, 0.1) is 13.2 Å². The van der Waals surface area contributed by atoms with Crippen LogP contribution in [0.2, 0.25) is 0 Å². The fourth-order valence-corrected chi connectivity index (χ4v) is 1.32. The summed E-state index contributed by atoms with van der Waals surface area (Å²) in [5, 5.41) is 0. The molecule has 0 spiro atoms. The highest BCUT2D eigenvalue weighted by Gasteiger charge is 2.21. The van der Waals surface area contributed by atoms with Gasteiger partial charge in [0, 0.05) is 13.2 Å². The van der Waals surface area contributed by atoms with E-state index in [-0.39, 0.29) is 12.1 Å². The van der Waals surface area contributed by atoms with Crippen LogP contribution in [-0.2, 0) is 19.0 Å². The summed E-state index contributed by atoms with van der Waals surface area (Å²) < 4.78 is 15.2. The largest absolute Gasteiger partial charge is 0.467 e. The van der Waals surface area contributed by atoms with Gasteiger partial charge < -0.3 is 14.2 Å². The van der Waals surface area contributed by atoms with Crippen molar-refractivity contribution in [3.05, 3.63) is 0 Å². The first kappa shape index (κ1) is 10.5. The molecule has 1 rings (SSSR count). The lowest BCUT2D eigenvalue weighted by Crippen LogP contribution is -2.31. The van der Waals surface area contributed by atoms with E-state index in [1.807, 2.05) is 0 Å². The topological polar surface area (TPSA) is 44.8 Å². The molecule has 1 heterocycles. The maximum absolute atomic E-state index is 11.0. The summed E-state index contributed by atoms with van der Waals surface area (Å²) in [6.07, 6.45) is 1.40. The van der Waals surface area contributed by atoms with Crippen LogP contribution in [-0.4, -0.2) is 38.5 Å². The summed E-state index contributed by atoms with van der Waals surface area (Å²) >= 11 is 0. The minimum Gasteiger partial charge on any atom is -0.467 e. The highest BCUT2D eigenvalue weighted by molar-refractivity contribution is 5.73. The van der Waals surface area contributed by atoms with Crippen LogP contribution in [0.5, 0.6) is 0 Å². The van der Waals surface area contributed by atoms with Gasteiger partial charge >= 0.3 is 5.97 Å². The third-order valence-electron chi connectivity index (χ3n) is 2.10. The molecule has 1 atom stereocenters. The Morgan fingerprint density at radius 3 is 2.62 bits per heavy atom. The lowest BCUT2D eigenvalue weighted by molar-refractivity contribution is -0.159. The lowest BCUT2D eigenvalue weighted by Gasteiger charge is -2.24. The number of esters is 1. The van der Waals surface area contributed by atoms with Gasteiger partial charge in [-0.2, -0.15) is 0 Å². The van der Waals surface area contributed by atoms with Crippen LogP contribution in [0.3, 0.4) is 0 Å². The highest BCUT2D eigenvalue weighted by atomic mass is 16.6. The van der Waals surface area contributed by atoms with Crippen molar-refractivity contribution in [3.63, 3.8) is 0 Å². The Labute approximate surface area is 78.2 Å². The predicted molar refractivity (Wildman–Crippen MR) is 46.4 cm³/mol. The molecule has 76 valence electrons. The molecule has 4 nitrogen and oxygen atoms in total. The third kappa shape index (κ3) is 3.32. The maximum atomic E-state index is 11.0. The van der Waals surface area contributed by atoms with E-state index in [9.17, 15) is 4.79 Å². The summed E-state index contributed by atoms with van der Waals surface area (Å²) in [5.41, 5.74) is 0. The van der Waals surface area contributed by atoms with Crippen molar-refractivity contribution < 1.29 is 19.0 Å². The number of carbonyl (C=O) groups excluding carboxylic acids is 1. The van der Waals surface area contributed by atoms with Crippen LogP contribution in [0.4, 0.5) is 0 Å². The molecule has 0 bridgehead atoms. The molecule has 0 aromatic heterocycles. The Morgan fingerprint density at radius 2 is 2.08 bits per heavy atom. The van der Waals surface area contributed by atoms with E-state index < -0.39 is 6.10 Å². The van der Waals surface area contributed by atoms with E-state index in [0.29, 0.717) is 0 Å². The van der Waals surface area contributed by atoms with Gasteiger partial charge in [-0.3, -0.25) is 0 Å². The van der Waals surface area contributed by atoms with E-state index in [2.05, 4.69) is 4.74 Å². The average molecular weight is 188 g/mol. The number of hydrogen-bond donors (Lipinski definition) is 0. The van der Waals surface area contributed by atoms with Crippen molar-refractivity contribution in [2.24, 2.45) is 0 Å². The quantitative estimate of drug-likeness (QED) is 0.613. The van der Waals surface area contributed by atoms with Crippen molar-refractivity contribution in [1.82, 2.24) is 0 Å². The smallest absolute Gasteiger partial charge is 0.334 e. The van der Waals surface area contributed by atoms with Crippen molar-refractivity contribution >= 4 is 5.97 Å². The molecular formula is C9H16O4. The summed E-state index contributed by atoms with van der Waals surface area (Å²) in [7, 11) is 1.37. The third-order valence-corrected chi connectivity index (χ3v) is 2.10. The number of rotatable bonds is 3. The molecule has 1 aliphatic heterocycles. The van der Waals surface area contributed by atoms with Crippen LogP contribution in [0.1, 0.15) is 19.8 Å². The number of hydrogen-bond acceptors (Lipinski definition) is 4. The first-order chi connectivity index (χ1) is 6.24. The summed E-state index contributed by atoms with van der Waals surface area (Å²) in [4.78, 5) is 11.0. The van der Waals surface area contributed by atoms with Crippen molar-refractivity contribution in [3.8, 4) is 0 Å². The normalized spacial score (nSPS) is 21.1. The summed E-state index contributed by atoms with van der Waals surface area (Å²) in [5.74, 6) is -0.313. The fraction of sp³-hybridized carbons (Fsp3) is 0.889. The zero-order chi connectivity index (χ0) is 9.68. The molecule has 0 radical (unpaired) electrons. The second-order valence-electron chi connectivity index (χ2n) is 3.11. The van der Waals surface area contributed by atoms with Crippen LogP contribution in [0.15, 0.2) is 0 Å². The number of carbonyl (C=O) groups is 1. The Bertz CT molecular complexity index is 163. The van der Waals surface area contributed by atoms with Gasteiger partial charge in [-0.05, 0) is 19.8 Å². The second kappa shape index (κ2) is 5.19. The molecule has 13 heavy (non-hydrogen) atoms. The SMILES string of the molecule is COC(=O)C(C)OC1CCOCC1. The summed E-state index contributed by atoms with van der Waals surface area (Å²) in [6, 6.07) is 0. The van der Waals surface area contributed by atoms with E-state index in [4.69, 9.17) is 9.47 Å². The van der Waals surface area contributed by atoms with Crippen LogP contribution < -0.4 is 0 Å². The Balaban J connectivity index is 2.25. The molecule has 0 N–H and O–H groups in total. The highest BCUT2D eigenvalue weighted by Crippen LogP contribution is 2.13. The van der Waals surface area contributed by atoms with Gasteiger partial charge in [0.2, 0.25) is 0 Å². The van der Waals surface area contributed by atoms with Crippen LogP contribution >= 0.6 is 0 Å². The molecule has 0 amide bonds. The molecule has 0 aromatic carbocycles. The van der Waals surface area contributed by atoms with Gasteiger partial charge in [0.25, 0.3) is 0 Å². The van der Waals surface area contributed by atoms with Gasteiger partial charge in [-0.25, -0.2) is 4.79 Å². The van der Waals surface area contributed by atoms with E-state index in [1.54, 1.807) is 6.92 Å². The van der Waals surface area contributed by atoms with E-state index in [1.165, 1.54) is 7.11 Å². The molecule has 4 heteroatoms. The van der Waals surface area contributed by atoms with Crippen molar-refractivity contribution in [2.45, 2.75) is 32.0 Å². The van der Waals surface area contributed by atoms with Gasteiger partial charge in [0.1, 0.15) is 0 Å². The average Bonchev–Trinajstić information content (AvgIpc) is 2.18. The Morgan fingerprint density at radius 1 is 1.46 bits per heavy atom. The van der Waals surface area contributed by atoms with Gasteiger partial charge in [-0.1, -0.05) is 0 Å². The van der Waals surface area contributed by atoms with Gasteiger partial charge in [-0.15, -0.1) is 0 Å². The minimum absolute atomic E-state index is 0.142. The van der Waals surface area contributed by atoms with Crippen LogP contribution in [0.25, 0.3) is 0 Å². The van der Waals surface area contributed by atoms with E-state index in [0.717, 1.165) is 26.1 Å². The Hall–Kier alpha value is -0.610. The van der Waals surface area contributed by atoms with E-state index >= 15 is 0 Å². The van der Waals surface area contributed by atoms with Gasteiger partial charge in [0.15, 0.2) is 6.10 Å². The standard InChI is InChI=1S/C9H16O4/c1-7(9(10)11-2)13-8-3-5-12-6-4-8/h7-8H,3-6H2,1-2H3. The maximum Gasteiger partial charge on any atom is 0.334 e. The number of methoxy groups -OCH3 is 1. The molecule has 0 saturated carbocycles. The first-order valence-corrected chi connectivity index (χ1v) is 4.55. The zero-order valence-corrected chi connectivity index (χ0v) is 8.12. The molecule has 1 fully saturated rings. The first-order valence-electron chi connectivity index (χ1n) is 4.55. The number of ether oxygens (including phenoxy) is 3. The molecular weight excluding hydrogens is 172 g/mol. The predicted octanol–water partition coefficient (Wildman–Crippen LogP) is 0.744. The van der Waals surface area contributed by atoms with Crippen molar-refractivity contribution in [2.75, 3.05) is 20.3 Å². The molecule has 1 unspecified atom stereocenters. The van der Waals surface area contributed by atoms with Crippen molar-refractivity contribution in [1.29, 1.82) is 0 Å². The minimum atomic E-state index is -0.465. The summed E-state index contributed by atoms with van der Waals surface area (Å²) in [6.45, 7) is 3.15. The monoisotopic (exact) mass is 188 g/mol. The molecule has 1 aliphatic rings. The molecule has 1 saturated heterocycles. The molecule has 0 aromatic rings. The Kier molecular flexibility index (Phi) is 4.18. The van der Waals surface area contributed by atoms with Crippen LogP contribution in [0, 0.1) is 0 Å².